The molecule has 2 aromatic carbocycles. The molecule has 0 aliphatic heterocycles. The summed E-state index contributed by atoms with van der Waals surface area (Å²) in [6.45, 7) is 2.43. The van der Waals surface area contributed by atoms with Crippen molar-refractivity contribution in [3.05, 3.63) is 59.2 Å². The molecule has 1 nitrogen and oxygen atoms in total. The Morgan fingerprint density at radius 1 is 1.05 bits per heavy atom. The summed E-state index contributed by atoms with van der Waals surface area (Å²) < 4.78 is 27.6. The lowest BCUT2D eigenvalue weighted by Gasteiger charge is -2.09. The summed E-state index contributed by atoms with van der Waals surface area (Å²) in [6, 6.07) is 10.5. The standard InChI is InChI=1S/C17H17F2N/c1-11-2-4-13(9-17(11)19)15-8-12(3-7-16(15)18)10-20-14-5-6-14/h2-4,7-9,14,20H,5-6,10H2,1H3. The van der Waals surface area contributed by atoms with Crippen LogP contribution in [0.5, 0.6) is 0 Å². The largest absolute Gasteiger partial charge is 0.310 e. The van der Waals surface area contributed by atoms with Gasteiger partial charge in [0.15, 0.2) is 0 Å². The van der Waals surface area contributed by atoms with E-state index in [2.05, 4.69) is 5.32 Å². The Balaban J connectivity index is 1.89. The number of hydrogen-bond acceptors (Lipinski definition) is 1. The second kappa shape index (κ2) is 5.33. The topological polar surface area (TPSA) is 12.0 Å². The van der Waals surface area contributed by atoms with Gasteiger partial charge in [0.1, 0.15) is 11.6 Å². The maximum Gasteiger partial charge on any atom is 0.131 e. The van der Waals surface area contributed by atoms with Gasteiger partial charge < -0.3 is 5.32 Å². The third kappa shape index (κ3) is 2.88. The van der Waals surface area contributed by atoms with Gasteiger partial charge in [-0.3, -0.25) is 0 Å². The first-order chi connectivity index (χ1) is 9.63. The minimum absolute atomic E-state index is 0.302. The molecule has 104 valence electrons. The molecule has 0 heterocycles. The summed E-state index contributed by atoms with van der Waals surface area (Å²) in [5, 5.41) is 3.39. The van der Waals surface area contributed by atoms with E-state index in [0.717, 1.165) is 12.1 Å². The number of hydrogen-bond donors (Lipinski definition) is 1. The van der Waals surface area contributed by atoms with Gasteiger partial charge in [-0.1, -0.05) is 18.2 Å². The lowest BCUT2D eigenvalue weighted by molar-refractivity contribution is 0.617. The number of rotatable bonds is 4. The predicted octanol–water partition coefficient (Wildman–Crippen LogP) is 4.19. The van der Waals surface area contributed by atoms with Crippen molar-refractivity contribution in [1.29, 1.82) is 0 Å². The molecule has 1 aliphatic carbocycles. The number of nitrogens with one attached hydrogen (secondary N) is 1. The molecule has 0 saturated heterocycles. The second-order valence-corrected chi connectivity index (χ2v) is 5.43. The molecule has 2 aromatic rings. The van der Waals surface area contributed by atoms with Crippen LogP contribution in [-0.4, -0.2) is 6.04 Å². The summed E-state index contributed by atoms with van der Waals surface area (Å²) in [5.41, 5.74) is 2.63. The number of halogens is 2. The molecule has 1 fully saturated rings. The van der Waals surface area contributed by atoms with E-state index in [1.165, 1.54) is 25.0 Å². The molecule has 1 N–H and O–H groups in total. The first-order valence-corrected chi connectivity index (χ1v) is 6.92. The zero-order valence-corrected chi connectivity index (χ0v) is 11.4. The highest BCUT2D eigenvalue weighted by atomic mass is 19.1. The van der Waals surface area contributed by atoms with Crippen molar-refractivity contribution in [3.8, 4) is 11.1 Å². The van der Waals surface area contributed by atoms with E-state index >= 15 is 0 Å². The summed E-state index contributed by atoms with van der Waals surface area (Å²) >= 11 is 0. The Morgan fingerprint density at radius 3 is 2.55 bits per heavy atom. The second-order valence-electron chi connectivity index (χ2n) is 5.43. The molecule has 0 atom stereocenters. The normalized spacial score (nSPS) is 14.6. The summed E-state index contributed by atoms with van der Waals surface area (Å²) in [5.74, 6) is -0.619. The first kappa shape index (κ1) is 13.3. The van der Waals surface area contributed by atoms with Crippen molar-refractivity contribution < 1.29 is 8.78 Å². The SMILES string of the molecule is Cc1ccc(-c2cc(CNC3CC3)ccc2F)cc1F. The molecular weight excluding hydrogens is 256 g/mol. The fourth-order valence-electron chi connectivity index (χ4n) is 2.21. The quantitative estimate of drug-likeness (QED) is 0.880. The smallest absolute Gasteiger partial charge is 0.131 e. The monoisotopic (exact) mass is 273 g/mol. The fourth-order valence-corrected chi connectivity index (χ4v) is 2.21. The molecule has 3 rings (SSSR count). The van der Waals surface area contributed by atoms with Gasteiger partial charge in [-0.05, 0) is 54.7 Å². The van der Waals surface area contributed by atoms with Crippen molar-refractivity contribution in [2.45, 2.75) is 32.4 Å². The molecule has 3 heteroatoms. The van der Waals surface area contributed by atoms with Gasteiger partial charge in [-0.25, -0.2) is 8.78 Å². The third-order valence-corrected chi connectivity index (χ3v) is 3.69. The van der Waals surface area contributed by atoms with Crippen molar-refractivity contribution in [1.82, 2.24) is 5.32 Å². The third-order valence-electron chi connectivity index (χ3n) is 3.69. The Bertz CT molecular complexity index is 633. The van der Waals surface area contributed by atoms with Crippen LogP contribution in [0.1, 0.15) is 24.0 Å². The van der Waals surface area contributed by atoms with Crippen LogP contribution < -0.4 is 5.32 Å². The zero-order valence-electron chi connectivity index (χ0n) is 11.4. The van der Waals surface area contributed by atoms with Crippen LogP contribution in [0.15, 0.2) is 36.4 Å². The molecule has 0 unspecified atom stereocenters. The molecule has 0 amide bonds. The van der Waals surface area contributed by atoms with Crippen molar-refractivity contribution in [3.63, 3.8) is 0 Å². The fraction of sp³-hybridized carbons (Fsp3) is 0.294. The van der Waals surface area contributed by atoms with Crippen LogP contribution in [0.25, 0.3) is 11.1 Å². The molecular formula is C17H17F2N. The van der Waals surface area contributed by atoms with Crippen molar-refractivity contribution in [2.24, 2.45) is 0 Å². The highest BCUT2D eigenvalue weighted by Crippen LogP contribution is 2.26. The summed E-state index contributed by atoms with van der Waals surface area (Å²) in [7, 11) is 0. The number of aryl methyl sites for hydroxylation is 1. The highest BCUT2D eigenvalue weighted by molar-refractivity contribution is 5.65. The summed E-state index contributed by atoms with van der Waals surface area (Å²) in [6.07, 6.45) is 2.44. The van der Waals surface area contributed by atoms with Crippen LogP contribution in [-0.2, 0) is 6.54 Å². The van der Waals surface area contributed by atoms with Crippen LogP contribution in [0, 0.1) is 18.6 Å². The van der Waals surface area contributed by atoms with Gasteiger partial charge >= 0.3 is 0 Å². The van der Waals surface area contributed by atoms with Crippen molar-refractivity contribution in [2.75, 3.05) is 0 Å². The summed E-state index contributed by atoms with van der Waals surface area (Å²) in [4.78, 5) is 0. The van der Waals surface area contributed by atoms with Gasteiger partial charge in [-0.2, -0.15) is 0 Å². The predicted molar refractivity (Wildman–Crippen MR) is 76.4 cm³/mol. The molecule has 0 spiro atoms. The van der Waals surface area contributed by atoms with E-state index < -0.39 is 0 Å². The van der Waals surface area contributed by atoms with Gasteiger partial charge in [0.25, 0.3) is 0 Å². The van der Waals surface area contributed by atoms with Crippen molar-refractivity contribution >= 4 is 0 Å². The minimum Gasteiger partial charge on any atom is -0.310 e. The van der Waals surface area contributed by atoms with Gasteiger partial charge in [-0.15, -0.1) is 0 Å². The van der Waals surface area contributed by atoms with Gasteiger partial charge in [0, 0.05) is 18.2 Å². The first-order valence-electron chi connectivity index (χ1n) is 6.92. The molecule has 20 heavy (non-hydrogen) atoms. The zero-order chi connectivity index (χ0) is 14.1. The van der Waals surface area contributed by atoms with Crippen LogP contribution >= 0.6 is 0 Å². The maximum absolute atomic E-state index is 14.0. The Labute approximate surface area is 117 Å². The molecule has 0 bridgehead atoms. The van der Waals surface area contributed by atoms with Crippen LogP contribution in [0.3, 0.4) is 0 Å². The minimum atomic E-state index is -0.316. The van der Waals surface area contributed by atoms with Gasteiger partial charge in [0.2, 0.25) is 0 Å². The van der Waals surface area contributed by atoms with E-state index in [4.69, 9.17) is 0 Å². The van der Waals surface area contributed by atoms with Crippen LogP contribution in [0.4, 0.5) is 8.78 Å². The van der Waals surface area contributed by atoms with E-state index in [1.807, 2.05) is 0 Å². The molecule has 1 saturated carbocycles. The van der Waals surface area contributed by atoms with E-state index in [9.17, 15) is 8.78 Å². The maximum atomic E-state index is 14.0. The Hall–Kier alpha value is -1.74. The lowest BCUT2D eigenvalue weighted by atomic mass is 10.0. The average Bonchev–Trinajstić information content (AvgIpc) is 3.25. The lowest BCUT2D eigenvalue weighted by Crippen LogP contribution is -2.15. The van der Waals surface area contributed by atoms with Crippen LogP contribution in [0.2, 0.25) is 0 Å². The Morgan fingerprint density at radius 2 is 1.85 bits per heavy atom. The van der Waals surface area contributed by atoms with E-state index in [0.29, 0.717) is 22.7 Å². The molecule has 0 radical (unpaired) electrons. The van der Waals surface area contributed by atoms with E-state index in [1.54, 1.807) is 31.2 Å². The molecule has 1 aliphatic rings. The van der Waals surface area contributed by atoms with Gasteiger partial charge in [0.05, 0.1) is 0 Å². The molecule has 0 aromatic heterocycles. The Kier molecular flexibility index (Phi) is 3.53. The van der Waals surface area contributed by atoms with E-state index in [-0.39, 0.29) is 11.6 Å². The highest BCUT2D eigenvalue weighted by Gasteiger charge is 2.20. The average molecular weight is 273 g/mol. The number of benzene rings is 2.